The second kappa shape index (κ2) is 3.21. The van der Waals surface area contributed by atoms with Crippen molar-refractivity contribution in [3.8, 4) is 17.2 Å². The maximum Gasteiger partial charge on any atom is 0.235 e. The predicted molar refractivity (Wildman–Crippen MR) is 53.2 cm³/mol. The molecule has 5 nitrogen and oxygen atoms in total. The van der Waals surface area contributed by atoms with Gasteiger partial charge in [0.1, 0.15) is 5.54 Å². The number of rotatable bonds is 2. The van der Waals surface area contributed by atoms with Crippen molar-refractivity contribution in [3.05, 3.63) is 17.4 Å². The van der Waals surface area contributed by atoms with Gasteiger partial charge in [-0.25, -0.2) is 4.79 Å². The minimum atomic E-state index is -0.873. The summed E-state index contributed by atoms with van der Waals surface area (Å²) in [6, 6.07) is 1.47. The van der Waals surface area contributed by atoms with E-state index in [0.717, 1.165) is 0 Å². The summed E-state index contributed by atoms with van der Waals surface area (Å²) in [7, 11) is 0. The van der Waals surface area contributed by atoms with Crippen molar-refractivity contribution >= 4 is 6.08 Å². The van der Waals surface area contributed by atoms with E-state index >= 15 is 0 Å². The quantitative estimate of drug-likeness (QED) is 0.626. The number of phenols is 1. The molecule has 0 atom stereocenters. The normalized spacial score (nSPS) is 18.6. The van der Waals surface area contributed by atoms with Crippen LogP contribution in [0, 0.1) is 5.82 Å². The molecule has 0 unspecified atom stereocenters. The molecule has 1 aliphatic carbocycles. The number of nitrogens with zero attached hydrogens (tertiary/aromatic N) is 1. The van der Waals surface area contributed by atoms with Crippen LogP contribution in [0.15, 0.2) is 11.1 Å². The molecule has 0 radical (unpaired) electrons. The largest absolute Gasteiger partial charge is 0.504 e. The van der Waals surface area contributed by atoms with Gasteiger partial charge in [-0.3, -0.25) is 0 Å². The lowest BCUT2D eigenvalue weighted by atomic mass is 10.0. The number of aliphatic imine (C=N–C) groups is 1. The summed E-state index contributed by atoms with van der Waals surface area (Å²) in [6.45, 7) is -0.0842. The standard InChI is InChI=1S/C11H8FNO4/c12-8-9(15)6(11(1-2-11)13-4-14)3-7-10(8)17-5-16-7/h3,15H,1-2,5H2. The fraction of sp³-hybridized carbons (Fsp3) is 0.364. The zero-order valence-electron chi connectivity index (χ0n) is 8.70. The summed E-state index contributed by atoms with van der Waals surface area (Å²) in [5, 5.41) is 9.76. The van der Waals surface area contributed by atoms with E-state index in [2.05, 4.69) is 4.99 Å². The number of aromatic hydroxyl groups is 1. The Kier molecular flexibility index (Phi) is 1.91. The molecule has 3 rings (SSSR count). The van der Waals surface area contributed by atoms with Crippen molar-refractivity contribution in [2.75, 3.05) is 6.79 Å². The van der Waals surface area contributed by atoms with E-state index in [1.807, 2.05) is 0 Å². The highest BCUT2D eigenvalue weighted by Gasteiger charge is 2.48. The fourth-order valence-electron chi connectivity index (χ4n) is 1.99. The number of halogens is 1. The Labute approximate surface area is 95.5 Å². The van der Waals surface area contributed by atoms with Crippen LogP contribution in [0.4, 0.5) is 4.39 Å². The van der Waals surface area contributed by atoms with Gasteiger partial charge in [0.05, 0.1) is 0 Å². The highest BCUT2D eigenvalue weighted by molar-refractivity contribution is 5.57. The van der Waals surface area contributed by atoms with Crippen LogP contribution >= 0.6 is 0 Å². The SMILES string of the molecule is O=C=NC1(c2cc3c(c(F)c2O)OCO3)CC1. The van der Waals surface area contributed by atoms with Crippen molar-refractivity contribution in [2.45, 2.75) is 18.4 Å². The lowest BCUT2D eigenvalue weighted by molar-refractivity contribution is 0.170. The topological polar surface area (TPSA) is 68.1 Å². The maximum atomic E-state index is 13.8. The van der Waals surface area contributed by atoms with Gasteiger partial charge in [-0.1, -0.05) is 0 Å². The van der Waals surface area contributed by atoms with Crippen LogP contribution in [0.2, 0.25) is 0 Å². The van der Waals surface area contributed by atoms with Crippen LogP contribution < -0.4 is 9.47 Å². The Balaban J connectivity index is 2.19. The lowest BCUT2D eigenvalue weighted by Crippen LogP contribution is -2.04. The van der Waals surface area contributed by atoms with E-state index < -0.39 is 17.1 Å². The molecule has 0 aromatic heterocycles. The summed E-state index contributed by atoms with van der Waals surface area (Å²) >= 11 is 0. The number of ether oxygens (including phenoxy) is 2. The van der Waals surface area contributed by atoms with E-state index in [1.54, 1.807) is 0 Å². The first-order valence-corrected chi connectivity index (χ1v) is 5.08. The minimum absolute atomic E-state index is 0.0842. The molecule has 1 aromatic rings. The molecular weight excluding hydrogens is 229 g/mol. The molecule has 0 amide bonds. The maximum absolute atomic E-state index is 13.8. The van der Waals surface area contributed by atoms with E-state index in [9.17, 15) is 14.3 Å². The zero-order valence-corrected chi connectivity index (χ0v) is 8.70. The molecule has 0 spiro atoms. The molecule has 0 saturated heterocycles. The summed E-state index contributed by atoms with van der Waals surface area (Å²) in [5.74, 6) is -1.28. The minimum Gasteiger partial charge on any atom is -0.504 e. The third-order valence-electron chi connectivity index (χ3n) is 3.06. The highest BCUT2D eigenvalue weighted by atomic mass is 19.1. The number of fused-ring (bicyclic) bond motifs is 1. The molecule has 1 aliphatic heterocycles. The number of carbonyl (C=O) groups excluding carboxylic acids is 1. The van der Waals surface area contributed by atoms with Gasteiger partial charge in [-0.2, -0.15) is 9.38 Å². The smallest absolute Gasteiger partial charge is 0.235 e. The van der Waals surface area contributed by atoms with E-state index in [4.69, 9.17) is 9.47 Å². The molecule has 6 heteroatoms. The van der Waals surface area contributed by atoms with Crippen LogP contribution in [0.25, 0.3) is 0 Å². The second-order valence-electron chi connectivity index (χ2n) is 4.06. The first-order valence-electron chi connectivity index (χ1n) is 5.08. The Morgan fingerprint density at radius 1 is 1.47 bits per heavy atom. The van der Waals surface area contributed by atoms with Crippen molar-refractivity contribution in [2.24, 2.45) is 4.99 Å². The highest BCUT2D eigenvalue weighted by Crippen LogP contribution is 2.55. The Morgan fingerprint density at radius 3 is 2.88 bits per heavy atom. The van der Waals surface area contributed by atoms with E-state index in [1.165, 1.54) is 12.1 Å². The van der Waals surface area contributed by atoms with Crippen molar-refractivity contribution in [3.63, 3.8) is 0 Å². The van der Waals surface area contributed by atoms with Crippen molar-refractivity contribution in [1.82, 2.24) is 0 Å². The van der Waals surface area contributed by atoms with E-state index in [-0.39, 0.29) is 23.9 Å². The molecule has 1 aromatic carbocycles. The first-order chi connectivity index (χ1) is 8.18. The molecule has 17 heavy (non-hydrogen) atoms. The Hall–Kier alpha value is -2.07. The Morgan fingerprint density at radius 2 is 2.24 bits per heavy atom. The van der Waals surface area contributed by atoms with Crippen LogP contribution in [0.3, 0.4) is 0 Å². The summed E-state index contributed by atoms with van der Waals surface area (Å²) in [6.07, 6.45) is 2.61. The summed E-state index contributed by atoms with van der Waals surface area (Å²) < 4.78 is 23.7. The average molecular weight is 237 g/mol. The van der Waals surface area contributed by atoms with Gasteiger partial charge in [-0.05, 0) is 18.9 Å². The van der Waals surface area contributed by atoms with Crippen LogP contribution in [-0.2, 0) is 10.3 Å². The molecule has 1 saturated carbocycles. The monoisotopic (exact) mass is 237 g/mol. The summed E-state index contributed by atoms with van der Waals surface area (Å²) in [5.41, 5.74) is -0.587. The number of hydrogen-bond donors (Lipinski definition) is 1. The van der Waals surface area contributed by atoms with Crippen molar-refractivity contribution in [1.29, 1.82) is 0 Å². The number of phenolic OH excluding ortho intramolecular Hbond substituents is 1. The molecule has 1 fully saturated rings. The molecule has 0 bridgehead atoms. The molecule has 88 valence electrons. The summed E-state index contributed by atoms with van der Waals surface area (Å²) in [4.78, 5) is 14.0. The zero-order chi connectivity index (χ0) is 12.0. The third-order valence-corrected chi connectivity index (χ3v) is 3.06. The van der Waals surface area contributed by atoms with Gasteiger partial charge in [0, 0.05) is 5.56 Å². The third kappa shape index (κ3) is 1.31. The molecule has 1 N–H and O–H groups in total. The van der Waals surface area contributed by atoms with E-state index in [0.29, 0.717) is 12.8 Å². The van der Waals surface area contributed by atoms with Crippen molar-refractivity contribution < 1.29 is 23.8 Å². The second-order valence-corrected chi connectivity index (χ2v) is 4.06. The van der Waals surface area contributed by atoms with Gasteiger partial charge in [0.2, 0.25) is 24.4 Å². The van der Waals surface area contributed by atoms with Crippen LogP contribution in [0.5, 0.6) is 17.2 Å². The number of benzene rings is 1. The molecular formula is C11H8FNO4. The van der Waals surface area contributed by atoms with Crippen LogP contribution in [0.1, 0.15) is 18.4 Å². The number of isocyanates is 1. The molecule has 2 aliphatic rings. The van der Waals surface area contributed by atoms with Crippen LogP contribution in [-0.4, -0.2) is 18.0 Å². The first kappa shape index (κ1) is 10.1. The van der Waals surface area contributed by atoms with Gasteiger partial charge < -0.3 is 14.6 Å². The fourth-order valence-corrected chi connectivity index (χ4v) is 1.99. The number of hydrogen-bond acceptors (Lipinski definition) is 5. The van der Waals surface area contributed by atoms with Gasteiger partial charge >= 0.3 is 0 Å². The molecule has 1 heterocycles. The average Bonchev–Trinajstić information content (AvgIpc) is 2.92. The van der Waals surface area contributed by atoms with Gasteiger partial charge in [0.15, 0.2) is 11.5 Å². The predicted octanol–water partition coefficient (Wildman–Crippen LogP) is 1.58. The van der Waals surface area contributed by atoms with Gasteiger partial charge in [-0.15, -0.1) is 0 Å². The lowest BCUT2D eigenvalue weighted by Gasteiger charge is -2.12. The Bertz CT molecular complexity index is 547. The van der Waals surface area contributed by atoms with Gasteiger partial charge in [0.25, 0.3) is 0 Å².